The average molecular weight is 283 g/mol. The molecule has 0 bridgehead atoms. The predicted octanol–water partition coefficient (Wildman–Crippen LogP) is 2.00. The maximum absolute atomic E-state index is 12.2. The fourth-order valence-electron chi connectivity index (χ4n) is 2.99. The van der Waals surface area contributed by atoms with Gasteiger partial charge in [-0.3, -0.25) is 9.69 Å². The number of carbonyl (C=O) groups excluding carboxylic acids is 1. The van der Waals surface area contributed by atoms with Gasteiger partial charge in [0.2, 0.25) is 5.91 Å². The Morgan fingerprint density at radius 3 is 2.75 bits per heavy atom. The number of likely N-dealkylation sites (tertiary alicyclic amines) is 1. The Labute approximate surface area is 124 Å². The summed E-state index contributed by atoms with van der Waals surface area (Å²) in [6.45, 7) is 12.5. The van der Waals surface area contributed by atoms with Crippen molar-refractivity contribution in [3.8, 4) is 0 Å². The van der Waals surface area contributed by atoms with Crippen LogP contribution in [0.5, 0.6) is 0 Å². The number of rotatable bonds is 8. The van der Waals surface area contributed by atoms with Crippen molar-refractivity contribution in [3.63, 3.8) is 0 Å². The van der Waals surface area contributed by atoms with Crippen molar-refractivity contribution in [1.29, 1.82) is 0 Å². The van der Waals surface area contributed by atoms with Gasteiger partial charge in [0, 0.05) is 19.1 Å². The van der Waals surface area contributed by atoms with Gasteiger partial charge in [-0.05, 0) is 52.1 Å². The number of nitrogens with one attached hydrogen (secondary N) is 2. The van der Waals surface area contributed by atoms with Crippen LogP contribution in [-0.2, 0) is 4.79 Å². The van der Waals surface area contributed by atoms with Crippen molar-refractivity contribution in [3.05, 3.63) is 0 Å². The Morgan fingerprint density at radius 2 is 2.10 bits per heavy atom. The third-order valence-electron chi connectivity index (χ3n) is 4.48. The fourth-order valence-corrected chi connectivity index (χ4v) is 2.99. The summed E-state index contributed by atoms with van der Waals surface area (Å²) in [5, 5.41) is 6.57. The molecule has 1 aliphatic rings. The van der Waals surface area contributed by atoms with Crippen LogP contribution in [0.2, 0.25) is 0 Å². The first-order valence-corrected chi connectivity index (χ1v) is 8.35. The minimum absolute atomic E-state index is 0.00322. The lowest BCUT2D eigenvalue weighted by atomic mass is 9.90. The molecular weight excluding hydrogens is 250 g/mol. The monoisotopic (exact) mass is 283 g/mol. The molecular formula is C16H33N3O. The van der Waals surface area contributed by atoms with E-state index in [2.05, 4.69) is 36.3 Å². The Bertz CT molecular complexity index is 283. The molecule has 0 spiro atoms. The zero-order valence-corrected chi connectivity index (χ0v) is 13.7. The Balaban J connectivity index is 2.42. The second-order valence-corrected chi connectivity index (χ2v) is 6.06. The average Bonchev–Trinajstić information content (AvgIpc) is 2.47. The zero-order chi connectivity index (χ0) is 15.0. The third kappa shape index (κ3) is 5.41. The molecule has 20 heavy (non-hydrogen) atoms. The summed E-state index contributed by atoms with van der Waals surface area (Å²) in [5.41, 5.74) is 0. The van der Waals surface area contributed by atoms with Gasteiger partial charge in [-0.1, -0.05) is 20.3 Å². The lowest BCUT2D eigenvalue weighted by molar-refractivity contribution is -0.126. The van der Waals surface area contributed by atoms with Crippen LogP contribution in [0.1, 0.15) is 53.4 Å². The van der Waals surface area contributed by atoms with E-state index < -0.39 is 0 Å². The molecule has 1 aliphatic heterocycles. The summed E-state index contributed by atoms with van der Waals surface area (Å²) >= 11 is 0. The number of carbonyl (C=O) groups is 1. The highest BCUT2D eigenvalue weighted by Gasteiger charge is 2.29. The van der Waals surface area contributed by atoms with Gasteiger partial charge in [0.25, 0.3) is 0 Å². The molecule has 3 atom stereocenters. The summed E-state index contributed by atoms with van der Waals surface area (Å²) in [4.78, 5) is 14.5. The van der Waals surface area contributed by atoms with Crippen LogP contribution in [0.25, 0.3) is 0 Å². The van der Waals surface area contributed by atoms with Crippen molar-refractivity contribution in [2.75, 3.05) is 26.2 Å². The van der Waals surface area contributed by atoms with Crippen molar-refractivity contribution in [2.45, 2.75) is 65.5 Å². The first-order chi connectivity index (χ1) is 9.60. The van der Waals surface area contributed by atoms with E-state index in [9.17, 15) is 4.79 Å². The van der Waals surface area contributed by atoms with E-state index in [1.807, 2.05) is 6.92 Å². The van der Waals surface area contributed by atoms with E-state index in [1.54, 1.807) is 0 Å². The molecule has 1 rings (SSSR count). The number of hydrogen-bond acceptors (Lipinski definition) is 3. The van der Waals surface area contributed by atoms with Crippen LogP contribution >= 0.6 is 0 Å². The summed E-state index contributed by atoms with van der Waals surface area (Å²) in [5.74, 6) is 0.852. The summed E-state index contributed by atoms with van der Waals surface area (Å²) in [7, 11) is 0. The SMILES string of the molecule is CCCCNC(=O)C(C)N1CCCC(C(C)NCC)C1. The minimum Gasteiger partial charge on any atom is -0.355 e. The quantitative estimate of drug-likeness (QED) is 0.670. The zero-order valence-electron chi connectivity index (χ0n) is 13.7. The standard InChI is InChI=1S/C16H33N3O/c1-5-7-10-18-16(20)14(4)19-11-8-9-15(12-19)13(3)17-6-2/h13-15,17H,5-12H2,1-4H3,(H,18,20). The van der Waals surface area contributed by atoms with Crippen molar-refractivity contribution < 1.29 is 4.79 Å². The van der Waals surface area contributed by atoms with Crippen LogP contribution < -0.4 is 10.6 Å². The maximum atomic E-state index is 12.2. The van der Waals surface area contributed by atoms with Gasteiger partial charge < -0.3 is 10.6 Å². The molecule has 4 nitrogen and oxygen atoms in total. The van der Waals surface area contributed by atoms with Gasteiger partial charge in [0.1, 0.15) is 0 Å². The van der Waals surface area contributed by atoms with Gasteiger partial charge >= 0.3 is 0 Å². The first kappa shape index (κ1) is 17.4. The number of piperidine rings is 1. The van der Waals surface area contributed by atoms with Crippen molar-refractivity contribution in [2.24, 2.45) is 5.92 Å². The second kappa shape index (κ2) is 9.35. The molecule has 1 fully saturated rings. The van der Waals surface area contributed by atoms with Gasteiger partial charge in [-0.25, -0.2) is 0 Å². The summed E-state index contributed by atoms with van der Waals surface area (Å²) < 4.78 is 0. The van der Waals surface area contributed by atoms with Crippen LogP contribution in [-0.4, -0.2) is 49.1 Å². The van der Waals surface area contributed by atoms with Gasteiger partial charge in [-0.15, -0.1) is 0 Å². The fraction of sp³-hybridized carbons (Fsp3) is 0.938. The largest absolute Gasteiger partial charge is 0.355 e. The highest BCUT2D eigenvalue weighted by atomic mass is 16.2. The number of amides is 1. The lowest BCUT2D eigenvalue weighted by Gasteiger charge is -2.38. The Kier molecular flexibility index (Phi) is 8.15. The topological polar surface area (TPSA) is 44.4 Å². The molecule has 0 aromatic rings. The number of hydrogen-bond donors (Lipinski definition) is 2. The van der Waals surface area contributed by atoms with E-state index in [0.29, 0.717) is 12.0 Å². The predicted molar refractivity (Wildman–Crippen MR) is 84.8 cm³/mol. The highest BCUT2D eigenvalue weighted by molar-refractivity contribution is 5.81. The number of nitrogens with zero attached hydrogens (tertiary/aromatic N) is 1. The van der Waals surface area contributed by atoms with Crippen molar-refractivity contribution in [1.82, 2.24) is 15.5 Å². The van der Waals surface area contributed by atoms with E-state index in [1.165, 1.54) is 12.8 Å². The minimum atomic E-state index is 0.00322. The van der Waals surface area contributed by atoms with E-state index in [4.69, 9.17) is 0 Å². The molecule has 0 saturated carbocycles. The van der Waals surface area contributed by atoms with Crippen LogP contribution in [0.3, 0.4) is 0 Å². The van der Waals surface area contributed by atoms with E-state index in [0.717, 1.165) is 39.0 Å². The lowest BCUT2D eigenvalue weighted by Crippen LogP contribution is -2.52. The molecule has 0 aromatic heterocycles. The van der Waals surface area contributed by atoms with Crippen LogP contribution in [0.4, 0.5) is 0 Å². The van der Waals surface area contributed by atoms with Crippen LogP contribution in [0, 0.1) is 5.92 Å². The molecule has 0 aromatic carbocycles. The molecule has 3 unspecified atom stereocenters. The second-order valence-electron chi connectivity index (χ2n) is 6.06. The molecule has 1 amide bonds. The number of unbranched alkanes of at least 4 members (excludes halogenated alkanes) is 1. The molecule has 0 aliphatic carbocycles. The van der Waals surface area contributed by atoms with Crippen molar-refractivity contribution >= 4 is 5.91 Å². The summed E-state index contributed by atoms with van der Waals surface area (Å²) in [6.07, 6.45) is 4.67. The highest BCUT2D eigenvalue weighted by Crippen LogP contribution is 2.21. The van der Waals surface area contributed by atoms with E-state index in [-0.39, 0.29) is 11.9 Å². The maximum Gasteiger partial charge on any atom is 0.237 e. The summed E-state index contributed by atoms with van der Waals surface area (Å²) in [6, 6.07) is 0.543. The Hall–Kier alpha value is -0.610. The molecule has 2 N–H and O–H groups in total. The molecule has 0 radical (unpaired) electrons. The molecule has 118 valence electrons. The van der Waals surface area contributed by atoms with Crippen LogP contribution in [0.15, 0.2) is 0 Å². The molecule has 1 heterocycles. The molecule has 1 saturated heterocycles. The van der Waals surface area contributed by atoms with E-state index >= 15 is 0 Å². The first-order valence-electron chi connectivity index (χ1n) is 8.35. The van der Waals surface area contributed by atoms with Gasteiger partial charge in [0.15, 0.2) is 0 Å². The smallest absolute Gasteiger partial charge is 0.237 e. The third-order valence-corrected chi connectivity index (χ3v) is 4.48. The van der Waals surface area contributed by atoms with Gasteiger partial charge in [0.05, 0.1) is 6.04 Å². The molecule has 4 heteroatoms. The Morgan fingerprint density at radius 1 is 1.35 bits per heavy atom. The normalized spacial score (nSPS) is 23.3. The van der Waals surface area contributed by atoms with Gasteiger partial charge in [-0.2, -0.15) is 0 Å².